The predicted octanol–water partition coefficient (Wildman–Crippen LogP) is 3.42. The molecule has 0 spiro atoms. The van der Waals surface area contributed by atoms with Gasteiger partial charge >= 0.3 is 5.97 Å². The van der Waals surface area contributed by atoms with Gasteiger partial charge in [0.25, 0.3) is 6.43 Å². The zero-order chi connectivity index (χ0) is 18.1. The van der Waals surface area contributed by atoms with Gasteiger partial charge in [0.1, 0.15) is 0 Å². The van der Waals surface area contributed by atoms with Gasteiger partial charge in [0, 0.05) is 17.8 Å². The van der Waals surface area contributed by atoms with Gasteiger partial charge in [0.2, 0.25) is 0 Å². The van der Waals surface area contributed by atoms with E-state index >= 15 is 0 Å². The number of halogens is 2. The SMILES string of the molecule is Cc1c(C(=O)O)c2cccnn2c1C(C)C1CCN(CC(F)F)CC1. The Kier molecular flexibility index (Phi) is 5.03. The van der Waals surface area contributed by atoms with Crippen LogP contribution in [0.15, 0.2) is 18.3 Å². The summed E-state index contributed by atoms with van der Waals surface area (Å²) in [4.78, 5) is 13.5. The molecule has 5 nitrogen and oxygen atoms in total. The minimum atomic E-state index is -2.30. The lowest BCUT2D eigenvalue weighted by molar-refractivity contribution is 0.0662. The summed E-state index contributed by atoms with van der Waals surface area (Å²) in [5, 5.41) is 13.9. The minimum absolute atomic E-state index is 0.115. The van der Waals surface area contributed by atoms with Gasteiger partial charge < -0.3 is 5.11 Å². The van der Waals surface area contributed by atoms with E-state index in [-0.39, 0.29) is 12.5 Å². The minimum Gasteiger partial charge on any atom is -0.478 e. The molecule has 1 aliphatic rings. The van der Waals surface area contributed by atoms with Crippen molar-refractivity contribution in [1.29, 1.82) is 0 Å². The number of piperidine rings is 1. The normalized spacial score (nSPS) is 18.1. The maximum atomic E-state index is 12.5. The number of hydrogen-bond acceptors (Lipinski definition) is 3. The quantitative estimate of drug-likeness (QED) is 0.897. The molecule has 2 aromatic rings. The van der Waals surface area contributed by atoms with Crippen molar-refractivity contribution in [2.75, 3.05) is 19.6 Å². The highest BCUT2D eigenvalue weighted by Gasteiger charge is 2.31. The Hall–Kier alpha value is -2.02. The molecule has 0 bridgehead atoms. The number of rotatable bonds is 5. The lowest BCUT2D eigenvalue weighted by Gasteiger charge is -2.34. The van der Waals surface area contributed by atoms with Crippen LogP contribution in [-0.2, 0) is 0 Å². The maximum absolute atomic E-state index is 12.5. The van der Waals surface area contributed by atoms with Crippen LogP contribution in [-0.4, -0.2) is 51.6 Å². The lowest BCUT2D eigenvalue weighted by atomic mass is 9.82. The van der Waals surface area contributed by atoms with Crippen LogP contribution in [0, 0.1) is 12.8 Å². The van der Waals surface area contributed by atoms with Gasteiger partial charge in [-0.15, -0.1) is 0 Å². The Bertz CT molecular complexity index is 767. The Balaban J connectivity index is 1.87. The van der Waals surface area contributed by atoms with Crippen molar-refractivity contribution >= 4 is 11.5 Å². The van der Waals surface area contributed by atoms with Gasteiger partial charge in [-0.3, -0.25) is 4.90 Å². The molecule has 25 heavy (non-hydrogen) atoms. The lowest BCUT2D eigenvalue weighted by Crippen LogP contribution is -2.38. The number of alkyl halides is 2. The molecule has 1 N–H and O–H groups in total. The Morgan fingerprint density at radius 1 is 1.40 bits per heavy atom. The number of carboxylic acids is 1. The average molecular weight is 351 g/mol. The van der Waals surface area contributed by atoms with E-state index in [1.807, 2.05) is 6.92 Å². The van der Waals surface area contributed by atoms with Crippen molar-refractivity contribution in [3.05, 3.63) is 35.2 Å². The molecule has 0 aromatic carbocycles. The van der Waals surface area contributed by atoms with Crippen LogP contribution in [0.4, 0.5) is 8.78 Å². The Labute approximate surface area is 145 Å². The summed E-state index contributed by atoms with van der Waals surface area (Å²) in [5.41, 5.74) is 2.56. The highest BCUT2D eigenvalue weighted by atomic mass is 19.3. The molecule has 0 aliphatic carbocycles. The molecule has 1 fully saturated rings. The molecule has 1 unspecified atom stereocenters. The van der Waals surface area contributed by atoms with Gasteiger partial charge in [-0.2, -0.15) is 5.10 Å². The molecule has 1 aliphatic heterocycles. The Morgan fingerprint density at radius 3 is 2.68 bits per heavy atom. The molecule has 3 heterocycles. The molecule has 1 atom stereocenters. The fourth-order valence-electron chi connectivity index (χ4n) is 4.09. The first kappa shape index (κ1) is 17.8. The molecule has 0 saturated carbocycles. The van der Waals surface area contributed by atoms with Gasteiger partial charge in [0.05, 0.1) is 17.6 Å². The summed E-state index contributed by atoms with van der Waals surface area (Å²) in [6, 6.07) is 3.50. The molecule has 2 aromatic heterocycles. The number of aromatic carboxylic acids is 1. The zero-order valence-corrected chi connectivity index (χ0v) is 14.5. The highest BCUT2D eigenvalue weighted by Crippen LogP contribution is 2.36. The van der Waals surface area contributed by atoms with Crippen molar-refractivity contribution in [2.24, 2.45) is 5.92 Å². The second kappa shape index (κ2) is 7.07. The van der Waals surface area contributed by atoms with Crippen molar-refractivity contribution < 1.29 is 18.7 Å². The van der Waals surface area contributed by atoms with E-state index in [1.54, 1.807) is 27.7 Å². The second-order valence-electron chi connectivity index (χ2n) is 6.83. The van der Waals surface area contributed by atoms with Crippen LogP contribution >= 0.6 is 0 Å². The van der Waals surface area contributed by atoms with Gasteiger partial charge in [-0.05, 0) is 56.5 Å². The van der Waals surface area contributed by atoms with E-state index in [0.29, 0.717) is 30.1 Å². The summed E-state index contributed by atoms with van der Waals surface area (Å²) in [6.07, 6.45) is 1.01. The third-order valence-corrected chi connectivity index (χ3v) is 5.37. The van der Waals surface area contributed by atoms with E-state index in [0.717, 1.165) is 24.1 Å². The molecular weight excluding hydrogens is 328 g/mol. The maximum Gasteiger partial charge on any atom is 0.338 e. The standard InChI is InChI=1S/C18H23F2N3O2/c1-11(13-5-8-22(9-6-13)10-15(19)20)17-12(2)16(18(24)25)14-4-3-7-21-23(14)17/h3-4,7,11,13,15H,5-6,8-10H2,1-2H3,(H,24,25). The number of aromatic nitrogens is 2. The van der Waals surface area contributed by atoms with Crippen molar-refractivity contribution in [3.8, 4) is 0 Å². The summed E-state index contributed by atoms with van der Waals surface area (Å²) >= 11 is 0. The fraction of sp³-hybridized carbons (Fsp3) is 0.556. The molecule has 3 rings (SSSR count). The molecule has 136 valence electrons. The number of nitrogens with zero attached hydrogens (tertiary/aromatic N) is 3. The van der Waals surface area contributed by atoms with Crippen molar-refractivity contribution in [3.63, 3.8) is 0 Å². The van der Waals surface area contributed by atoms with Crippen molar-refractivity contribution in [2.45, 2.75) is 39.0 Å². The van der Waals surface area contributed by atoms with Crippen molar-refractivity contribution in [1.82, 2.24) is 14.5 Å². The zero-order valence-electron chi connectivity index (χ0n) is 14.5. The molecule has 7 heteroatoms. The third-order valence-electron chi connectivity index (χ3n) is 5.37. The van der Waals surface area contributed by atoms with E-state index in [1.165, 1.54) is 0 Å². The van der Waals surface area contributed by atoms with Crippen LogP contribution in [0.2, 0.25) is 0 Å². The van der Waals surface area contributed by atoms with Crippen LogP contribution in [0.1, 0.15) is 47.3 Å². The predicted molar refractivity (Wildman–Crippen MR) is 90.5 cm³/mol. The third kappa shape index (κ3) is 3.38. The number of carbonyl (C=O) groups is 1. The van der Waals surface area contributed by atoms with Gasteiger partial charge in [-0.1, -0.05) is 6.92 Å². The van der Waals surface area contributed by atoms with Crippen LogP contribution < -0.4 is 0 Å². The molecule has 0 amide bonds. The van der Waals surface area contributed by atoms with Gasteiger partial charge in [-0.25, -0.2) is 18.1 Å². The molecule has 1 saturated heterocycles. The fourth-order valence-corrected chi connectivity index (χ4v) is 4.09. The summed E-state index contributed by atoms with van der Waals surface area (Å²) in [6.45, 7) is 5.05. The van der Waals surface area contributed by atoms with Crippen LogP contribution in [0.3, 0.4) is 0 Å². The summed E-state index contributed by atoms with van der Waals surface area (Å²) < 4.78 is 26.8. The topological polar surface area (TPSA) is 57.8 Å². The van der Waals surface area contributed by atoms with E-state index in [9.17, 15) is 18.7 Å². The Morgan fingerprint density at radius 2 is 2.08 bits per heavy atom. The first-order chi connectivity index (χ1) is 11.9. The summed E-state index contributed by atoms with van der Waals surface area (Å²) in [7, 11) is 0. The number of carboxylic acid groups (broad SMARTS) is 1. The summed E-state index contributed by atoms with van der Waals surface area (Å²) in [5.74, 6) is -0.508. The number of likely N-dealkylation sites (tertiary alicyclic amines) is 1. The first-order valence-electron chi connectivity index (χ1n) is 8.60. The van der Waals surface area contributed by atoms with E-state index in [2.05, 4.69) is 12.0 Å². The second-order valence-corrected chi connectivity index (χ2v) is 6.83. The largest absolute Gasteiger partial charge is 0.478 e. The number of hydrogen-bond donors (Lipinski definition) is 1. The van der Waals surface area contributed by atoms with Crippen LogP contribution in [0.25, 0.3) is 5.52 Å². The van der Waals surface area contributed by atoms with Gasteiger partial charge in [0.15, 0.2) is 0 Å². The van der Waals surface area contributed by atoms with Crippen LogP contribution in [0.5, 0.6) is 0 Å². The van der Waals surface area contributed by atoms with E-state index in [4.69, 9.17) is 0 Å². The smallest absolute Gasteiger partial charge is 0.338 e. The average Bonchev–Trinajstić information content (AvgIpc) is 2.86. The monoisotopic (exact) mass is 351 g/mol. The number of fused-ring (bicyclic) bond motifs is 1. The first-order valence-corrected chi connectivity index (χ1v) is 8.60. The molecule has 0 radical (unpaired) electrons. The van der Waals surface area contributed by atoms with E-state index < -0.39 is 12.4 Å². The highest BCUT2D eigenvalue weighted by molar-refractivity contribution is 5.98. The molecular formula is C18H23F2N3O2.